The largest absolute Gasteiger partial charge is 0.497 e. The van der Waals surface area contributed by atoms with Gasteiger partial charge < -0.3 is 24.3 Å². The average Bonchev–Trinajstić information content (AvgIpc) is 3.10. The van der Waals surface area contributed by atoms with Crippen molar-refractivity contribution in [2.45, 2.75) is 6.42 Å². The average molecular weight is 487 g/mol. The number of hydrogen-bond acceptors (Lipinski definition) is 8. The first kappa shape index (κ1) is 25.0. The number of amides is 3. The van der Waals surface area contributed by atoms with Gasteiger partial charge in [-0.15, -0.1) is 0 Å². The highest BCUT2D eigenvalue weighted by Gasteiger charge is 2.34. The number of thioether (sulfide) groups is 1. The minimum absolute atomic E-state index is 0.0705. The molecular formula is C24H26N2O7S. The predicted octanol–water partition coefficient (Wildman–Crippen LogP) is 3.12. The molecule has 34 heavy (non-hydrogen) atoms. The van der Waals surface area contributed by atoms with Crippen molar-refractivity contribution in [1.29, 1.82) is 0 Å². The molecule has 3 rings (SSSR count). The van der Waals surface area contributed by atoms with E-state index < -0.39 is 11.1 Å². The Morgan fingerprint density at radius 3 is 2.32 bits per heavy atom. The molecule has 10 heteroatoms. The minimum atomic E-state index is -0.425. The third-order valence-corrected chi connectivity index (χ3v) is 5.92. The fraction of sp³-hybridized carbons (Fsp3) is 0.292. The summed E-state index contributed by atoms with van der Waals surface area (Å²) in [5.74, 6) is 1.33. The number of ether oxygens (including phenoxy) is 4. The molecule has 0 atom stereocenters. The van der Waals surface area contributed by atoms with E-state index in [1.165, 1.54) is 21.3 Å². The number of methoxy groups -OCH3 is 4. The molecule has 0 bridgehead atoms. The standard InChI is InChI=1S/C24H26N2O7S/c1-30-17-7-5-6-15(10-17)14-21(27)25-8-9-26-23(28)20(34-24(26)29)13-16-11-18(31-2)22(33-4)19(12-16)32-3/h5-7,10-13H,8-9,14H2,1-4H3,(H,25,27). The van der Waals surface area contributed by atoms with Gasteiger partial charge in [-0.2, -0.15) is 0 Å². The summed E-state index contributed by atoms with van der Waals surface area (Å²) in [5, 5.41) is 2.34. The summed E-state index contributed by atoms with van der Waals surface area (Å²) >= 11 is 0.838. The van der Waals surface area contributed by atoms with Crippen LogP contribution in [0.4, 0.5) is 4.79 Å². The predicted molar refractivity (Wildman–Crippen MR) is 128 cm³/mol. The van der Waals surface area contributed by atoms with Crippen LogP contribution < -0.4 is 24.3 Å². The van der Waals surface area contributed by atoms with Crippen LogP contribution in [0.1, 0.15) is 11.1 Å². The van der Waals surface area contributed by atoms with Crippen molar-refractivity contribution in [3.8, 4) is 23.0 Å². The van der Waals surface area contributed by atoms with E-state index in [4.69, 9.17) is 18.9 Å². The van der Waals surface area contributed by atoms with Crippen molar-refractivity contribution in [3.63, 3.8) is 0 Å². The second-order valence-corrected chi connectivity index (χ2v) is 8.16. The van der Waals surface area contributed by atoms with Gasteiger partial charge in [-0.05, 0) is 53.2 Å². The van der Waals surface area contributed by atoms with Crippen LogP contribution in [0, 0.1) is 0 Å². The number of nitrogens with one attached hydrogen (secondary N) is 1. The lowest BCUT2D eigenvalue weighted by atomic mass is 10.1. The smallest absolute Gasteiger partial charge is 0.293 e. The Labute approximate surface area is 202 Å². The zero-order valence-electron chi connectivity index (χ0n) is 19.4. The van der Waals surface area contributed by atoms with Gasteiger partial charge in [-0.25, -0.2) is 0 Å². The third-order valence-electron chi connectivity index (χ3n) is 5.01. The van der Waals surface area contributed by atoms with Crippen molar-refractivity contribution in [1.82, 2.24) is 10.2 Å². The molecule has 1 fully saturated rings. The molecule has 2 aromatic carbocycles. The van der Waals surface area contributed by atoms with Gasteiger partial charge in [0.05, 0.1) is 39.8 Å². The lowest BCUT2D eigenvalue weighted by Crippen LogP contribution is -2.37. The Bertz CT molecular complexity index is 1090. The highest BCUT2D eigenvalue weighted by molar-refractivity contribution is 8.18. The number of carbonyl (C=O) groups is 3. The van der Waals surface area contributed by atoms with Gasteiger partial charge in [0.25, 0.3) is 11.1 Å². The van der Waals surface area contributed by atoms with Crippen molar-refractivity contribution >= 4 is 34.9 Å². The minimum Gasteiger partial charge on any atom is -0.497 e. The molecule has 3 amide bonds. The number of benzene rings is 2. The highest BCUT2D eigenvalue weighted by atomic mass is 32.2. The van der Waals surface area contributed by atoms with Crippen LogP contribution in [0.25, 0.3) is 6.08 Å². The molecule has 2 aromatic rings. The molecule has 1 saturated heterocycles. The first-order valence-corrected chi connectivity index (χ1v) is 11.2. The van der Waals surface area contributed by atoms with Crippen LogP contribution in [0.15, 0.2) is 41.3 Å². The third kappa shape index (κ3) is 5.82. The summed E-state index contributed by atoms with van der Waals surface area (Å²) in [6.07, 6.45) is 1.76. The summed E-state index contributed by atoms with van der Waals surface area (Å²) in [6, 6.07) is 10.6. The fourth-order valence-corrected chi connectivity index (χ4v) is 4.23. The monoisotopic (exact) mass is 486 g/mol. The number of rotatable bonds is 10. The van der Waals surface area contributed by atoms with E-state index in [9.17, 15) is 14.4 Å². The maximum absolute atomic E-state index is 12.8. The SMILES string of the molecule is COc1cccc(CC(=O)NCCN2C(=O)SC(=Cc3cc(OC)c(OC)c(OC)c3)C2=O)c1. The molecule has 0 saturated carbocycles. The summed E-state index contributed by atoms with van der Waals surface area (Å²) < 4.78 is 21.1. The van der Waals surface area contributed by atoms with Gasteiger partial charge in [0, 0.05) is 13.1 Å². The molecule has 0 radical (unpaired) electrons. The molecule has 1 heterocycles. The normalized spacial score (nSPS) is 14.4. The highest BCUT2D eigenvalue weighted by Crippen LogP contribution is 2.40. The molecule has 1 aliphatic rings. The summed E-state index contributed by atoms with van der Waals surface area (Å²) in [7, 11) is 6.06. The van der Waals surface area contributed by atoms with Crippen LogP contribution in [0.5, 0.6) is 23.0 Å². The van der Waals surface area contributed by atoms with E-state index in [2.05, 4.69) is 5.32 Å². The zero-order valence-corrected chi connectivity index (χ0v) is 20.2. The Hall–Kier alpha value is -3.66. The Balaban J connectivity index is 1.62. The molecule has 0 spiro atoms. The van der Waals surface area contributed by atoms with Gasteiger partial charge in [-0.3, -0.25) is 19.3 Å². The summed E-state index contributed by atoms with van der Waals surface area (Å²) in [5.41, 5.74) is 1.42. The van der Waals surface area contributed by atoms with E-state index >= 15 is 0 Å². The summed E-state index contributed by atoms with van der Waals surface area (Å²) in [6.45, 7) is 0.222. The second-order valence-electron chi connectivity index (χ2n) is 7.17. The number of carbonyl (C=O) groups excluding carboxylic acids is 3. The Morgan fingerprint density at radius 1 is 1.00 bits per heavy atom. The Morgan fingerprint density at radius 2 is 1.71 bits per heavy atom. The number of nitrogens with zero attached hydrogens (tertiary/aromatic N) is 1. The van der Waals surface area contributed by atoms with Crippen LogP contribution >= 0.6 is 11.8 Å². The van der Waals surface area contributed by atoms with Crippen LogP contribution in [0.3, 0.4) is 0 Å². The molecule has 0 unspecified atom stereocenters. The van der Waals surface area contributed by atoms with Crippen molar-refractivity contribution in [2.75, 3.05) is 41.5 Å². The van der Waals surface area contributed by atoms with Gasteiger partial charge in [0.15, 0.2) is 11.5 Å². The number of imide groups is 1. The molecule has 9 nitrogen and oxygen atoms in total. The van der Waals surface area contributed by atoms with E-state index in [0.29, 0.717) is 28.6 Å². The molecule has 0 aromatic heterocycles. The first-order chi connectivity index (χ1) is 16.4. The van der Waals surface area contributed by atoms with Crippen molar-refractivity contribution in [2.24, 2.45) is 0 Å². The van der Waals surface area contributed by atoms with Gasteiger partial charge in [0.1, 0.15) is 5.75 Å². The van der Waals surface area contributed by atoms with Crippen LogP contribution in [0.2, 0.25) is 0 Å². The molecule has 0 aliphatic carbocycles. The van der Waals surface area contributed by atoms with Gasteiger partial charge >= 0.3 is 0 Å². The van der Waals surface area contributed by atoms with Crippen LogP contribution in [-0.2, 0) is 16.0 Å². The van der Waals surface area contributed by atoms with E-state index in [0.717, 1.165) is 22.2 Å². The molecule has 1 N–H and O–H groups in total. The number of hydrogen-bond donors (Lipinski definition) is 1. The summed E-state index contributed by atoms with van der Waals surface area (Å²) in [4.78, 5) is 38.8. The van der Waals surface area contributed by atoms with E-state index in [1.54, 1.807) is 37.5 Å². The second kappa shape index (κ2) is 11.5. The molecule has 1 aliphatic heterocycles. The Kier molecular flexibility index (Phi) is 8.42. The zero-order chi connectivity index (χ0) is 24.7. The molecular weight excluding hydrogens is 460 g/mol. The van der Waals surface area contributed by atoms with Gasteiger partial charge in [0.2, 0.25) is 11.7 Å². The lowest BCUT2D eigenvalue weighted by Gasteiger charge is -2.14. The molecule has 180 valence electrons. The maximum atomic E-state index is 12.8. The van der Waals surface area contributed by atoms with Crippen molar-refractivity contribution in [3.05, 3.63) is 52.4 Å². The van der Waals surface area contributed by atoms with Crippen LogP contribution in [-0.4, -0.2) is 63.5 Å². The fourth-order valence-electron chi connectivity index (χ4n) is 3.37. The lowest BCUT2D eigenvalue weighted by molar-refractivity contribution is -0.124. The van der Waals surface area contributed by atoms with Crippen molar-refractivity contribution < 1.29 is 33.3 Å². The van der Waals surface area contributed by atoms with E-state index in [-0.39, 0.29) is 30.3 Å². The van der Waals surface area contributed by atoms with E-state index in [1.807, 2.05) is 12.1 Å². The maximum Gasteiger partial charge on any atom is 0.293 e. The topological polar surface area (TPSA) is 103 Å². The van der Waals surface area contributed by atoms with Gasteiger partial charge in [-0.1, -0.05) is 12.1 Å². The quantitative estimate of drug-likeness (QED) is 0.511. The first-order valence-electron chi connectivity index (χ1n) is 10.3.